The molecule has 5 nitrogen and oxygen atoms in total. The Labute approximate surface area is 162 Å². The van der Waals surface area contributed by atoms with Gasteiger partial charge in [-0.2, -0.15) is 9.78 Å². The van der Waals surface area contributed by atoms with Gasteiger partial charge in [-0.3, -0.25) is 4.79 Å². The zero-order valence-electron chi connectivity index (χ0n) is 13.2. The Hall–Kier alpha value is -2.61. The number of rotatable bonds is 3. The normalized spacial score (nSPS) is 11.4. The van der Waals surface area contributed by atoms with E-state index in [0.29, 0.717) is 21.6 Å². The number of thiazole rings is 1. The van der Waals surface area contributed by atoms with Gasteiger partial charge in [0.25, 0.3) is 5.56 Å². The van der Waals surface area contributed by atoms with Crippen LogP contribution in [0.5, 0.6) is 0 Å². The van der Waals surface area contributed by atoms with E-state index in [2.05, 4.69) is 15.1 Å². The molecule has 0 fully saturated rings. The van der Waals surface area contributed by atoms with Crippen molar-refractivity contribution < 1.29 is 0 Å². The van der Waals surface area contributed by atoms with Crippen LogP contribution in [0.4, 0.5) is 0 Å². The monoisotopic (exact) mass is 398 g/mol. The second-order valence-electron chi connectivity index (χ2n) is 5.42. The molecule has 0 radical (unpaired) electrons. The fourth-order valence-corrected chi connectivity index (χ4v) is 3.59. The maximum Gasteiger partial charge on any atom is 0.282 e. The van der Waals surface area contributed by atoms with Gasteiger partial charge in [0, 0.05) is 16.0 Å². The second-order valence-corrected chi connectivity index (χ2v) is 7.10. The molecule has 0 saturated carbocycles. The molecule has 4 aromatic rings. The topological polar surface area (TPSA) is 63.0 Å². The highest BCUT2D eigenvalue weighted by molar-refractivity contribution is 7.71. The largest absolute Gasteiger partial charge is 0.330 e. The van der Waals surface area contributed by atoms with E-state index < -0.39 is 0 Å². The number of benzene rings is 2. The lowest BCUT2D eigenvalue weighted by Crippen LogP contribution is -2.18. The van der Waals surface area contributed by atoms with E-state index in [4.69, 9.17) is 23.8 Å². The molecule has 0 atom stereocenters. The minimum Gasteiger partial charge on any atom is -0.330 e. The minimum atomic E-state index is -0.270. The van der Waals surface area contributed by atoms with Gasteiger partial charge in [0.2, 0.25) is 4.77 Å². The predicted octanol–water partition coefficient (Wildman–Crippen LogP) is 4.72. The highest BCUT2D eigenvalue weighted by atomic mass is 35.5. The molecule has 2 aromatic carbocycles. The van der Waals surface area contributed by atoms with Crippen LogP contribution in [0.15, 0.2) is 63.8 Å². The van der Waals surface area contributed by atoms with Gasteiger partial charge in [0.15, 0.2) is 0 Å². The SMILES string of the molecule is O=c1c2ccccc2[nH]c(=S)n1/N=C\c1csc(-c2ccc(Cl)cc2)n1. The highest BCUT2D eigenvalue weighted by Crippen LogP contribution is 2.24. The van der Waals surface area contributed by atoms with Crippen LogP contribution >= 0.6 is 35.2 Å². The average Bonchev–Trinajstić information content (AvgIpc) is 3.11. The quantitative estimate of drug-likeness (QED) is 0.401. The zero-order valence-corrected chi connectivity index (χ0v) is 15.6. The van der Waals surface area contributed by atoms with Crippen molar-refractivity contribution in [1.29, 1.82) is 0 Å². The third kappa shape index (κ3) is 3.24. The maximum absolute atomic E-state index is 12.6. The third-order valence-corrected chi connectivity index (χ3v) is 5.14. The van der Waals surface area contributed by atoms with Gasteiger partial charge in [-0.1, -0.05) is 35.9 Å². The van der Waals surface area contributed by atoms with Crippen molar-refractivity contribution in [3.05, 3.63) is 79.8 Å². The number of halogens is 1. The molecule has 4 rings (SSSR count). The molecule has 0 saturated heterocycles. The van der Waals surface area contributed by atoms with Crippen LogP contribution in [-0.4, -0.2) is 20.9 Å². The van der Waals surface area contributed by atoms with Crippen molar-refractivity contribution >= 4 is 52.3 Å². The van der Waals surface area contributed by atoms with Crippen molar-refractivity contribution in [3.8, 4) is 10.6 Å². The molecular weight excluding hydrogens is 388 g/mol. The van der Waals surface area contributed by atoms with Gasteiger partial charge in [-0.15, -0.1) is 11.3 Å². The lowest BCUT2D eigenvalue weighted by molar-refractivity contribution is 0.799. The van der Waals surface area contributed by atoms with Gasteiger partial charge in [0.05, 0.1) is 22.8 Å². The van der Waals surface area contributed by atoms with E-state index in [1.165, 1.54) is 22.2 Å². The molecule has 1 N–H and O–H groups in total. The number of para-hydroxylation sites is 1. The van der Waals surface area contributed by atoms with E-state index in [1.807, 2.05) is 35.7 Å². The Bertz CT molecular complexity index is 1240. The number of H-pyrrole nitrogens is 1. The van der Waals surface area contributed by atoms with Crippen LogP contribution in [0.2, 0.25) is 5.02 Å². The molecule has 0 spiro atoms. The number of aromatic nitrogens is 3. The summed E-state index contributed by atoms with van der Waals surface area (Å²) in [5, 5.41) is 8.13. The van der Waals surface area contributed by atoms with E-state index in [0.717, 1.165) is 10.6 Å². The number of nitrogens with one attached hydrogen (secondary N) is 1. The molecule has 128 valence electrons. The summed E-state index contributed by atoms with van der Waals surface area (Å²) in [6, 6.07) is 14.6. The molecule has 8 heteroatoms. The summed E-state index contributed by atoms with van der Waals surface area (Å²) < 4.78 is 1.40. The summed E-state index contributed by atoms with van der Waals surface area (Å²) in [7, 11) is 0. The lowest BCUT2D eigenvalue weighted by atomic mass is 10.2. The van der Waals surface area contributed by atoms with E-state index >= 15 is 0 Å². The Morgan fingerprint density at radius 1 is 1.19 bits per heavy atom. The number of hydrogen-bond donors (Lipinski definition) is 1. The lowest BCUT2D eigenvalue weighted by Gasteiger charge is -2.01. The second kappa shape index (κ2) is 6.95. The summed E-state index contributed by atoms with van der Waals surface area (Å²) >= 11 is 12.6. The fraction of sp³-hybridized carbons (Fsp3) is 0. The van der Waals surface area contributed by atoms with Gasteiger partial charge < -0.3 is 4.98 Å². The van der Waals surface area contributed by atoms with Gasteiger partial charge >= 0.3 is 0 Å². The van der Waals surface area contributed by atoms with Crippen LogP contribution in [0, 0.1) is 4.77 Å². The van der Waals surface area contributed by atoms with Crippen molar-refractivity contribution in [2.45, 2.75) is 0 Å². The Morgan fingerprint density at radius 2 is 1.96 bits per heavy atom. The smallest absolute Gasteiger partial charge is 0.282 e. The van der Waals surface area contributed by atoms with Crippen molar-refractivity contribution in [2.24, 2.45) is 5.10 Å². The van der Waals surface area contributed by atoms with Crippen molar-refractivity contribution in [1.82, 2.24) is 14.6 Å². The average molecular weight is 399 g/mol. The molecule has 2 aromatic heterocycles. The Morgan fingerprint density at radius 3 is 2.77 bits per heavy atom. The number of aromatic amines is 1. The van der Waals surface area contributed by atoms with Crippen molar-refractivity contribution in [2.75, 3.05) is 0 Å². The highest BCUT2D eigenvalue weighted by Gasteiger charge is 2.06. The van der Waals surface area contributed by atoms with E-state index in [9.17, 15) is 4.79 Å². The first-order valence-electron chi connectivity index (χ1n) is 7.62. The predicted molar refractivity (Wildman–Crippen MR) is 109 cm³/mol. The van der Waals surface area contributed by atoms with E-state index in [-0.39, 0.29) is 10.3 Å². The van der Waals surface area contributed by atoms with Gasteiger partial charge in [-0.25, -0.2) is 4.98 Å². The number of nitrogens with zero attached hydrogens (tertiary/aromatic N) is 3. The molecule has 0 aliphatic heterocycles. The summed E-state index contributed by atoms with van der Waals surface area (Å²) in [5.74, 6) is 0. The molecule has 26 heavy (non-hydrogen) atoms. The minimum absolute atomic E-state index is 0.234. The number of fused-ring (bicyclic) bond motifs is 1. The summed E-state index contributed by atoms with van der Waals surface area (Å²) in [6.07, 6.45) is 1.52. The van der Waals surface area contributed by atoms with Gasteiger partial charge in [0.1, 0.15) is 5.01 Å². The fourth-order valence-electron chi connectivity index (χ4n) is 2.45. The maximum atomic E-state index is 12.6. The Kier molecular flexibility index (Phi) is 4.50. The van der Waals surface area contributed by atoms with Crippen LogP contribution in [0.1, 0.15) is 5.69 Å². The standard InChI is InChI=1S/C18H11ClN4OS2/c19-12-7-5-11(6-8-12)16-21-13(10-26-16)9-20-23-17(24)14-3-1-2-4-15(14)22-18(23)25/h1-10H,(H,22,25)/b20-9-. The van der Waals surface area contributed by atoms with Crippen LogP contribution in [0.25, 0.3) is 21.5 Å². The van der Waals surface area contributed by atoms with Crippen LogP contribution < -0.4 is 5.56 Å². The first-order chi connectivity index (χ1) is 12.6. The third-order valence-electron chi connectivity index (χ3n) is 3.70. The molecule has 2 heterocycles. The first kappa shape index (κ1) is 16.8. The number of hydrogen-bond acceptors (Lipinski definition) is 5. The molecule has 0 aliphatic carbocycles. The van der Waals surface area contributed by atoms with Gasteiger partial charge in [-0.05, 0) is 36.5 Å². The van der Waals surface area contributed by atoms with Crippen LogP contribution in [-0.2, 0) is 0 Å². The molecule has 0 aliphatic rings. The first-order valence-corrected chi connectivity index (χ1v) is 9.28. The summed E-state index contributed by atoms with van der Waals surface area (Å²) in [6.45, 7) is 0. The molecule has 0 unspecified atom stereocenters. The summed E-state index contributed by atoms with van der Waals surface area (Å²) in [5.41, 5.74) is 2.04. The Balaban J connectivity index is 1.69. The van der Waals surface area contributed by atoms with E-state index in [1.54, 1.807) is 18.2 Å². The van der Waals surface area contributed by atoms with Crippen molar-refractivity contribution in [3.63, 3.8) is 0 Å². The molecular formula is C18H11ClN4OS2. The molecule has 0 amide bonds. The zero-order chi connectivity index (χ0) is 18.1. The van der Waals surface area contributed by atoms with Crippen LogP contribution in [0.3, 0.4) is 0 Å². The summed E-state index contributed by atoms with van der Waals surface area (Å²) in [4.78, 5) is 20.1. The molecule has 0 bridgehead atoms.